The molecule has 0 fully saturated rings. The second-order valence-electron chi connectivity index (χ2n) is 6.18. The molecule has 0 amide bonds. The van der Waals surface area contributed by atoms with E-state index in [4.69, 9.17) is 0 Å². The van der Waals surface area contributed by atoms with Gasteiger partial charge in [0.2, 0.25) is 0 Å². The molecule has 0 N–H and O–H groups in total. The van der Waals surface area contributed by atoms with Crippen LogP contribution >= 0.6 is 0 Å². The molecule has 0 aliphatic heterocycles. The van der Waals surface area contributed by atoms with E-state index in [1.165, 1.54) is 36.4 Å². The molecular weight excluding hydrogens is 399 g/mol. The fourth-order valence-corrected chi connectivity index (χ4v) is 3.39. The smallest absolute Gasteiger partial charge is 0.224 e. The number of rotatable bonds is 3. The Morgan fingerprint density at radius 2 is 1.32 bits per heavy atom. The molecule has 28 heavy (non-hydrogen) atoms. The summed E-state index contributed by atoms with van der Waals surface area (Å²) in [6.07, 6.45) is -3.58. The van der Waals surface area contributed by atoms with E-state index in [-0.39, 0.29) is 16.0 Å². The Morgan fingerprint density at radius 1 is 0.714 bits per heavy atom. The molecule has 0 aromatic heterocycles. The summed E-state index contributed by atoms with van der Waals surface area (Å²) in [6.45, 7) is 0. The molecular formula is C20H13F5O2S. The summed E-state index contributed by atoms with van der Waals surface area (Å²) in [6, 6.07) is 11.3. The van der Waals surface area contributed by atoms with Crippen molar-refractivity contribution in [3.05, 3.63) is 77.9 Å². The summed E-state index contributed by atoms with van der Waals surface area (Å²) in [5.41, 5.74) is -0.0864. The van der Waals surface area contributed by atoms with E-state index in [2.05, 4.69) is 0 Å². The van der Waals surface area contributed by atoms with Gasteiger partial charge in [-0.15, -0.1) is 0 Å². The van der Waals surface area contributed by atoms with Crippen molar-refractivity contribution in [3.8, 4) is 22.3 Å². The minimum absolute atomic E-state index is 0.0424. The molecule has 0 saturated heterocycles. The van der Waals surface area contributed by atoms with E-state index in [1.807, 2.05) is 0 Å². The van der Waals surface area contributed by atoms with Crippen LogP contribution in [0.25, 0.3) is 22.3 Å². The molecule has 3 rings (SSSR count). The topological polar surface area (TPSA) is 34.1 Å². The zero-order valence-electron chi connectivity index (χ0n) is 14.4. The first-order valence-corrected chi connectivity index (χ1v) is 9.83. The molecule has 0 heterocycles. The van der Waals surface area contributed by atoms with Gasteiger partial charge in [-0.1, -0.05) is 24.3 Å². The average molecular weight is 412 g/mol. The van der Waals surface area contributed by atoms with Crippen molar-refractivity contribution in [3.63, 3.8) is 0 Å². The molecule has 3 aromatic carbocycles. The van der Waals surface area contributed by atoms with Crippen LogP contribution in [0.4, 0.5) is 22.0 Å². The Morgan fingerprint density at radius 3 is 1.86 bits per heavy atom. The van der Waals surface area contributed by atoms with E-state index in [0.717, 1.165) is 30.5 Å². The highest BCUT2D eigenvalue weighted by Gasteiger charge is 2.31. The molecule has 0 aliphatic carbocycles. The van der Waals surface area contributed by atoms with Crippen LogP contribution in [-0.4, -0.2) is 14.7 Å². The average Bonchev–Trinajstić information content (AvgIpc) is 2.62. The lowest BCUT2D eigenvalue weighted by molar-refractivity contribution is -0.137. The summed E-state index contributed by atoms with van der Waals surface area (Å²) in [7, 11) is -3.44. The first-order chi connectivity index (χ1) is 13.0. The number of hydrogen-bond acceptors (Lipinski definition) is 2. The predicted molar refractivity (Wildman–Crippen MR) is 95.3 cm³/mol. The highest BCUT2D eigenvalue weighted by molar-refractivity contribution is 7.90. The summed E-state index contributed by atoms with van der Waals surface area (Å²) in [4.78, 5) is 0.0533. The molecule has 2 nitrogen and oxygen atoms in total. The summed E-state index contributed by atoms with van der Waals surface area (Å²) >= 11 is 0. The third-order valence-corrected chi connectivity index (χ3v) is 5.30. The van der Waals surface area contributed by atoms with Crippen molar-refractivity contribution in [2.24, 2.45) is 0 Å². The quantitative estimate of drug-likeness (QED) is 0.516. The molecule has 0 saturated carbocycles. The van der Waals surface area contributed by atoms with E-state index in [1.54, 1.807) is 0 Å². The van der Waals surface area contributed by atoms with Crippen molar-refractivity contribution >= 4 is 9.84 Å². The van der Waals surface area contributed by atoms with Crippen molar-refractivity contribution in [2.75, 3.05) is 6.26 Å². The van der Waals surface area contributed by atoms with E-state index < -0.39 is 33.2 Å². The summed E-state index contributed by atoms with van der Waals surface area (Å²) < 4.78 is 89.5. The second-order valence-corrected chi connectivity index (χ2v) is 8.20. The molecule has 0 radical (unpaired) electrons. The van der Waals surface area contributed by atoms with Crippen LogP contribution in [0.2, 0.25) is 0 Å². The van der Waals surface area contributed by atoms with Gasteiger partial charge in [-0.2, -0.15) is 13.2 Å². The SMILES string of the molecule is CS(=O)(=O)c1ccc(-c2ccc(C(F)(F)F)cc2-c2ccc(F)c(F)c2)cc1. The Kier molecular flexibility index (Phi) is 5.01. The Bertz CT molecular complexity index is 1130. The monoisotopic (exact) mass is 412 g/mol. The maximum atomic E-state index is 13.7. The van der Waals surface area contributed by atoms with Gasteiger partial charge in [0.25, 0.3) is 0 Å². The van der Waals surface area contributed by atoms with E-state index in [0.29, 0.717) is 11.1 Å². The minimum Gasteiger partial charge on any atom is -0.224 e. The van der Waals surface area contributed by atoms with Gasteiger partial charge in [0.15, 0.2) is 21.5 Å². The first-order valence-electron chi connectivity index (χ1n) is 7.94. The first kappa shape index (κ1) is 20.0. The van der Waals surface area contributed by atoms with Gasteiger partial charge >= 0.3 is 6.18 Å². The largest absolute Gasteiger partial charge is 0.416 e. The van der Waals surface area contributed by atoms with Crippen LogP contribution in [-0.2, 0) is 16.0 Å². The maximum Gasteiger partial charge on any atom is 0.416 e. The number of sulfone groups is 1. The van der Waals surface area contributed by atoms with Gasteiger partial charge in [-0.25, -0.2) is 17.2 Å². The molecule has 0 spiro atoms. The van der Waals surface area contributed by atoms with Gasteiger partial charge in [0, 0.05) is 6.26 Å². The number of halogens is 5. The molecule has 0 bridgehead atoms. The molecule has 0 unspecified atom stereocenters. The lowest BCUT2D eigenvalue weighted by Crippen LogP contribution is -2.05. The summed E-state index contributed by atoms with van der Waals surface area (Å²) in [5.74, 6) is -2.30. The van der Waals surface area contributed by atoms with Gasteiger partial charge in [-0.3, -0.25) is 0 Å². The van der Waals surface area contributed by atoms with Crippen LogP contribution < -0.4 is 0 Å². The minimum atomic E-state index is -4.62. The van der Waals surface area contributed by atoms with Crippen LogP contribution in [0.3, 0.4) is 0 Å². The molecule has 146 valence electrons. The van der Waals surface area contributed by atoms with Crippen molar-refractivity contribution in [1.29, 1.82) is 0 Å². The molecule has 0 aliphatic rings. The van der Waals surface area contributed by atoms with Gasteiger partial charge in [0.1, 0.15) is 0 Å². The Balaban J connectivity index is 2.21. The standard InChI is InChI=1S/C20H13F5O2S/c1-28(26,27)15-6-2-12(3-7-15)16-8-5-14(20(23,24)25)11-17(16)13-4-9-18(21)19(22)10-13/h2-11H,1H3. The number of benzene rings is 3. The van der Waals surface area contributed by atoms with Crippen molar-refractivity contribution < 1.29 is 30.4 Å². The van der Waals surface area contributed by atoms with E-state index in [9.17, 15) is 30.4 Å². The van der Waals surface area contributed by atoms with Gasteiger partial charge < -0.3 is 0 Å². The second kappa shape index (κ2) is 7.01. The van der Waals surface area contributed by atoms with Crippen molar-refractivity contribution in [2.45, 2.75) is 11.1 Å². The number of alkyl halides is 3. The highest BCUT2D eigenvalue weighted by Crippen LogP contribution is 2.38. The Hall–Kier alpha value is -2.74. The third kappa shape index (κ3) is 4.06. The zero-order chi connectivity index (χ0) is 20.7. The van der Waals surface area contributed by atoms with Gasteiger partial charge in [-0.05, 0) is 58.7 Å². The maximum absolute atomic E-state index is 13.7. The summed E-state index contributed by atoms with van der Waals surface area (Å²) in [5, 5.41) is 0. The van der Waals surface area contributed by atoms with Gasteiger partial charge in [0.05, 0.1) is 10.5 Å². The lowest BCUT2D eigenvalue weighted by Gasteiger charge is -2.15. The molecule has 3 aromatic rings. The van der Waals surface area contributed by atoms with E-state index >= 15 is 0 Å². The van der Waals surface area contributed by atoms with Crippen LogP contribution in [0.5, 0.6) is 0 Å². The predicted octanol–water partition coefficient (Wildman–Crippen LogP) is 5.72. The lowest BCUT2D eigenvalue weighted by atomic mass is 9.92. The zero-order valence-corrected chi connectivity index (χ0v) is 15.2. The number of hydrogen-bond donors (Lipinski definition) is 0. The molecule has 0 atom stereocenters. The molecule has 8 heteroatoms. The highest BCUT2D eigenvalue weighted by atomic mass is 32.2. The third-order valence-electron chi connectivity index (χ3n) is 4.17. The Labute approximate surface area is 158 Å². The fraction of sp³-hybridized carbons (Fsp3) is 0.100. The van der Waals surface area contributed by atoms with Crippen LogP contribution in [0.15, 0.2) is 65.6 Å². The normalized spacial score (nSPS) is 12.2. The van der Waals surface area contributed by atoms with Crippen LogP contribution in [0.1, 0.15) is 5.56 Å². The fourth-order valence-electron chi connectivity index (χ4n) is 2.76. The van der Waals surface area contributed by atoms with Crippen molar-refractivity contribution in [1.82, 2.24) is 0 Å². The van der Waals surface area contributed by atoms with Crippen LogP contribution in [0, 0.1) is 11.6 Å².